The molecule has 0 amide bonds. The number of hydrogen-bond acceptors (Lipinski definition) is 4. The van der Waals surface area contributed by atoms with Crippen molar-refractivity contribution < 1.29 is 9.47 Å². The summed E-state index contributed by atoms with van der Waals surface area (Å²) in [5, 5.41) is 4.10. The fourth-order valence-corrected chi connectivity index (χ4v) is 1.76. The predicted molar refractivity (Wildman–Crippen MR) is 75.1 cm³/mol. The Bertz CT molecular complexity index is 378. The maximum atomic E-state index is 5.97. The molecule has 0 spiro atoms. The summed E-state index contributed by atoms with van der Waals surface area (Å²) in [4.78, 5) is 4.05. The van der Waals surface area contributed by atoms with Gasteiger partial charge in [-0.05, 0) is 12.5 Å². The Hall–Kier alpha value is -0.260. The van der Waals surface area contributed by atoms with E-state index in [0.717, 1.165) is 6.42 Å². The zero-order valence-corrected chi connectivity index (χ0v) is 12.3. The zero-order valence-electron chi connectivity index (χ0n) is 10.0. The summed E-state index contributed by atoms with van der Waals surface area (Å²) in [7, 11) is 1.64. The lowest BCUT2D eigenvalue weighted by molar-refractivity contribution is 0.0705. The lowest BCUT2D eigenvalue weighted by Crippen LogP contribution is -2.09. The second kappa shape index (κ2) is 8.77. The minimum Gasteiger partial charge on any atom is -0.382 e. The van der Waals surface area contributed by atoms with E-state index in [1.54, 1.807) is 13.2 Å². The topological polar surface area (TPSA) is 43.4 Å². The molecule has 1 N–H and O–H groups in total. The summed E-state index contributed by atoms with van der Waals surface area (Å²) in [5.41, 5.74) is 0. The highest BCUT2D eigenvalue weighted by molar-refractivity contribution is 6.42. The van der Waals surface area contributed by atoms with Crippen LogP contribution in [0.1, 0.15) is 6.42 Å². The minimum atomic E-state index is 0.236. The smallest absolute Gasteiger partial charge is 0.150 e. The monoisotopic (exact) mass is 312 g/mol. The lowest BCUT2D eigenvalue weighted by Gasteiger charge is -2.08. The molecule has 7 heteroatoms. The van der Waals surface area contributed by atoms with Crippen molar-refractivity contribution >= 4 is 40.6 Å². The van der Waals surface area contributed by atoms with Gasteiger partial charge in [-0.15, -0.1) is 0 Å². The molecule has 18 heavy (non-hydrogen) atoms. The number of pyridine rings is 1. The second-order valence-corrected chi connectivity index (χ2v) is 4.65. The summed E-state index contributed by atoms with van der Waals surface area (Å²) in [5.74, 6) is 0.531. The largest absolute Gasteiger partial charge is 0.382 e. The number of nitrogens with zero attached hydrogens (tertiary/aromatic N) is 1. The maximum absolute atomic E-state index is 5.97. The highest BCUT2D eigenvalue weighted by Gasteiger charge is 2.06. The molecule has 0 fully saturated rings. The molecule has 0 atom stereocenters. The SMILES string of the molecule is COCCOCCCNc1nc(Cl)c(Cl)cc1Cl. The van der Waals surface area contributed by atoms with Crippen LogP contribution in [0.25, 0.3) is 0 Å². The van der Waals surface area contributed by atoms with Crippen molar-refractivity contribution in [3.8, 4) is 0 Å². The Morgan fingerprint density at radius 2 is 1.94 bits per heavy atom. The molecule has 0 aliphatic heterocycles. The molecule has 0 bridgehead atoms. The van der Waals surface area contributed by atoms with E-state index in [1.165, 1.54) is 0 Å². The second-order valence-electron chi connectivity index (χ2n) is 3.48. The molecule has 0 aromatic carbocycles. The summed E-state index contributed by atoms with van der Waals surface area (Å²) < 4.78 is 10.2. The van der Waals surface area contributed by atoms with Gasteiger partial charge in [0.1, 0.15) is 11.0 Å². The molecule has 1 aromatic heterocycles. The Kier molecular flexibility index (Phi) is 7.70. The van der Waals surface area contributed by atoms with Crippen LogP contribution in [0.3, 0.4) is 0 Å². The number of hydrogen-bond donors (Lipinski definition) is 1. The van der Waals surface area contributed by atoms with Crippen molar-refractivity contribution in [2.45, 2.75) is 6.42 Å². The van der Waals surface area contributed by atoms with E-state index in [-0.39, 0.29) is 5.15 Å². The first-order valence-corrected chi connectivity index (χ1v) is 6.60. The molecular weight excluding hydrogens is 298 g/mol. The van der Waals surface area contributed by atoms with Gasteiger partial charge in [-0.3, -0.25) is 0 Å². The van der Waals surface area contributed by atoms with Gasteiger partial charge in [0.25, 0.3) is 0 Å². The Labute approximate surface area is 122 Å². The minimum absolute atomic E-state index is 0.236. The quantitative estimate of drug-likeness (QED) is 0.589. The predicted octanol–water partition coefficient (Wildman–Crippen LogP) is 3.51. The fraction of sp³-hybridized carbons (Fsp3) is 0.545. The molecule has 1 heterocycles. The van der Waals surface area contributed by atoms with Gasteiger partial charge in [0.2, 0.25) is 0 Å². The van der Waals surface area contributed by atoms with Crippen LogP contribution in [0.4, 0.5) is 5.82 Å². The lowest BCUT2D eigenvalue weighted by atomic mass is 10.4. The van der Waals surface area contributed by atoms with Gasteiger partial charge in [-0.2, -0.15) is 0 Å². The fourth-order valence-electron chi connectivity index (χ4n) is 1.19. The summed E-state index contributed by atoms with van der Waals surface area (Å²) in [6.07, 6.45) is 0.835. The molecule has 102 valence electrons. The van der Waals surface area contributed by atoms with Crippen LogP contribution in [0.2, 0.25) is 15.2 Å². The highest BCUT2D eigenvalue weighted by Crippen LogP contribution is 2.28. The molecule has 0 radical (unpaired) electrons. The van der Waals surface area contributed by atoms with Crippen molar-refractivity contribution in [2.75, 3.05) is 38.8 Å². The highest BCUT2D eigenvalue weighted by atomic mass is 35.5. The number of halogens is 3. The average Bonchev–Trinajstić information content (AvgIpc) is 2.34. The van der Waals surface area contributed by atoms with Crippen LogP contribution in [0.15, 0.2) is 6.07 Å². The number of aromatic nitrogens is 1. The molecule has 0 saturated carbocycles. The van der Waals surface area contributed by atoms with E-state index in [0.29, 0.717) is 42.2 Å². The van der Waals surface area contributed by atoms with Crippen molar-refractivity contribution in [3.63, 3.8) is 0 Å². The third kappa shape index (κ3) is 5.59. The van der Waals surface area contributed by atoms with Gasteiger partial charge < -0.3 is 14.8 Å². The van der Waals surface area contributed by atoms with E-state index in [1.807, 2.05) is 0 Å². The molecule has 1 aromatic rings. The van der Waals surface area contributed by atoms with Crippen LogP contribution in [0.5, 0.6) is 0 Å². The summed E-state index contributed by atoms with van der Waals surface area (Å²) in [6.45, 7) is 2.54. The van der Waals surface area contributed by atoms with E-state index in [4.69, 9.17) is 44.3 Å². The first-order chi connectivity index (χ1) is 8.65. The van der Waals surface area contributed by atoms with E-state index in [9.17, 15) is 0 Å². The van der Waals surface area contributed by atoms with Gasteiger partial charge >= 0.3 is 0 Å². The molecule has 0 saturated heterocycles. The van der Waals surface area contributed by atoms with Crippen molar-refractivity contribution in [2.24, 2.45) is 0 Å². The van der Waals surface area contributed by atoms with Gasteiger partial charge in [-0.1, -0.05) is 34.8 Å². The summed E-state index contributed by atoms with van der Waals surface area (Å²) >= 11 is 17.5. The first-order valence-electron chi connectivity index (χ1n) is 5.47. The number of methoxy groups -OCH3 is 1. The van der Waals surface area contributed by atoms with Crippen LogP contribution < -0.4 is 5.32 Å². The van der Waals surface area contributed by atoms with Gasteiger partial charge in [0.15, 0.2) is 0 Å². The molecule has 4 nitrogen and oxygen atoms in total. The maximum Gasteiger partial charge on any atom is 0.150 e. The van der Waals surface area contributed by atoms with Gasteiger partial charge in [0, 0.05) is 20.3 Å². The van der Waals surface area contributed by atoms with E-state index in [2.05, 4.69) is 10.3 Å². The van der Waals surface area contributed by atoms with Crippen molar-refractivity contribution in [1.29, 1.82) is 0 Å². The molecular formula is C11H15Cl3N2O2. The molecule has 0 aliphatic rings. The van der Waals surface area contributed by atoms with Crippen LogP contribution in [-0.4, -0.2) is 38.5 Å². The number of ether oxygens (including phenoxy) is 2. The van der Waals surface area contributed by atoms with Crippen molar-refractivity contribution in [1.82, 2.24) is 4.98 Å². The Morgan fingerprint density at radius 1 is 1.17 bits per heavy atom. The molecule has 0 unspecified atom stereocenters. The van der Waals surface area contributed by atoms with Crippen LogP contribution in [-0.2, 0) is 9.47 Å². The first kappa shape index (κ1) is 15.8. The van der Waals surface area contributed by atoms with E-state index < -0.39 is 0 Å². The van der Waals surface area contributed by atoms with Crippen LogP contribution >= 0.6 is 34.8 Å². The standard InChI is InChI=1S/C11H15Cl3N2O2/c1-17-5-6-18-4-2-3-15-11-9(13)7-8(12)10(14)16-11/h7H,2-6H2,1H3,(H,15,16). The van der Waals surface area contributed by atoms with E-state index >= 15 is 0 Å². The van der Waals surface area contributed by atoms with Gasteiger partial charge in [-0.25, -0.2) is 4.98 Å². The average molecular weight is 314 g/mol. The Balaban J connectivity index is 2.25. The van der Waals surface area contributed by atoms with Crippen molar-refractivity contribution in [3.05, 3.63) is 21.3 Å². The Morgan fingerprint density at radius 3 is 2.67 bits per heavy atom. The molecule has 1 rings (SSSR count). The number of anilines is 1. The van der Waals surface area contributed by atoms with Crippen LogP contribution in [0, 0.1) is 0 Å². The molecule has 0 aliphatic carbocycles. The van der Waals surface area contributed by atoms with Gasteiger partial charge in [0.05, 0.1) is 23.3 Å². The number of nitrogens with one attached hydrogen (secondary N) is 1. The normalized spacial score (nSPS) is 10.7. The third-order valence-electron chi connectivity index (χ3n) is 2.08. The summed E-state index contributed by atoms with van der Waals surface area (Å²) in [6, 6.07) is 1.57. The number of rotatable bonds is 8. The zero-order chi connectivity index (χ0) is 13.4. The third-order valence-corrected chi connectivity index (χ3v) is 3.04.